The summed E-state index contributed by atoms with van der Waals surface area (Å²) in [4.78, 5) is 21.0. The second-order valence-corrected chi connectivity index (χ2v) is 2.56. The van der Waals surface area contributed by atoms with E-state index >= 15 is 0 Å². The van der Waals surface area contributed by atoms with E-state index in [1.165, 1.54) is 6.92 Å². The van der Waals surface area contributed by atoms with Gasteiger partial charge in [0.05, 0.1) is 11.4 Å². The van der Waals surface area contributed by atoms with Gasteiger partial charge in [-0.05, 0) is 6.07 Å². The van der Waals surface area contributed by atoms with Gasteiger partial charge in [0.2, 0.25) is 5.91 Å². The van der Waals surface area contributed by atoms with Crippen LogP contribution in [0.3, 0.4) is 0 Å². The van der Waals surface area contributed by atoms with Crippen LogP contribution in [0.4, 0.5) is 5.69 Å². The molecule has 0 saturated heterocycles. The van der Waals surface area contributed by atoms with E-state index in [0.29, 0.717) is 11.4 Å². The first-order valence-corrected chi connectivity index (χ1v) is 3.52. The number of aromatic nitrogens is 1. The molecule has 1 aromatic rings. The van der Waals surface area contributed by atoms with Gasteiger partial charge in [-0.1, -0.05) is 0 Å². The maximum atomic E-state index is 10.6. The minimum atomic E-state index is -0.141. The first-order chi connectivity index (χ1) is 5.63. The van der Waals surface area contributed by atoms with Gasteiger partial charge in [0, 0.05) is 20.2 Å². The number of rotatable bonds is 2. The van der Waals surface area contributed by atoms with Gasteiger partial charge in [0.25, 0.3) is 0 Å². The molecule has 1 amide bonds. The van der Waals surface area contributed by atoms with Crippen molar-refractivity contribution in [3.8, 4) is 0 Å². The second-order valence-electron chi connectivity index (χ2n) is 2.56. The number of nitrogens with one attached hydrogen (secondary N) is 1. The molecular formula is C8H10N2O2. The summed E-state index contributed by atoms with van der Waals surface area (Å²) >= 11 is 0. The van der Waals surface area contributed by atoms with Crippen LogP contribution in [0.5, 0.6) is 0 Å². The normalized spacial score (nSPS) is 9.50. The lowest BCUT2D eigenvalue weighted by atomic mass is 10.4. The molecule has 0 aliphatic rings. The average molecular weight is 166 g/mol. The molecule has 4 nitrogen and oxygen atoms in total. The SMILES string of the molecule is CC(=O)Nc1cc(C=O)n(C)c1. The van der Waals surface area contributed by atoms with E-state index in [2.05, 4.69) is 5.32 Å². The van der Waals surface area contributed by atoms with Crippen LogP contribution in [0.15, 0.2) is 12.3 Å². The molecule has 0 spiro atoms. The van der Waals surface area contributed by atoms with E-state index < -0.39 is 0 Å². The topological polar surface area (TPSA) is 51.1 Å². The van der Waals surface area contributed by atoms with E-state index in [4.69, 9.17) is 0 Å². The third-order valence-electron chi connectivity index (χ3n) is 1.48. The van der Waals surface area contributed by atoms with E-state index in [-0.39, 0.29) is 5.91 Å². The van der Waals surface area contributed by atoms with Crippen molar-refractivity contribution in [3.63, 3.8) is 0 Å². The van der Waals surface area contributed by atoms with Gasteiger partial charge >= 0.3 is 0 Å². The summed E-state index contributed by atoms with van der Waals surface area (Å²) < 4.78 is 1.65. The Balaban J connectivity index is 2.89. The zero-order valence-corrected chi connectivity index (χ0v) is 7.00. The Kier molecular flexibility index (Phi) is 2.28. The lowest BCUT2D eigenvalue weighted by Crippen LogP contribution is -2.04. The fourth-order valence-corrected chi connectivity index (χ4v) is 0.970. The fourth-order valence-electron chi connectivity index (χ4n) is 0.970. The quantitative estimate of drug-likeness (QED) is 0.660. The number of anilines is 1. The van der Waals surface area contributed by atoms with Crippen molar-refractivity contribution in [3.05, 3.63) is 18.0 Å². The van der Waals surface area contributed by atoms with Crippen molar-refractivity contribution in [1.82, 2.24) is 4.57 Å². The van der Waals surface area contributed by atoms with Crippen molar-refractivity contribution in [1.29, 1.82) is 0 Å². The van der Waals surface area contributed by atoms with E-state index in [1.54, 1.807) is 23.9 Å². The molecular weight excluding hydrogens is 156 g/mol. The highest BCUT2D eigenvalue weighted by Gasteiger charge is 2.01. The van der Waals surface area contributed by atoms with Gasteiger partial charge in [-0.3, -0.25) is 9.59 Å². The van der Waals surface area contributed by atoms with Crippen molar-refractivity contribution < 1.29 is 9.59 Å². The summed E-state index contributed by atoms with van der Waals surface area (Å²) in [5.74, 6) is -0.141. The first-order valence-electron chi connectivity index (χ1n) is 3.52. The van der Waals surface area contributed by atoms with Gasteiger partial charge in [-0.2, -0.15) is 0 Å². The number of carbonyl (C=O) groups is 2. The predicted octanol–water partition coefficient (Wildman–Crippen LogP) is 0.796. The van der Waals surface area contributed by atoms with Gasteiger partial charge < -0.3 is 9.88 Å². The minimum absolute atomic E-state index is 0.141. The van der Waals surface area contributed by atoms with Crippen LogP contribution in [0.25, 0.3) is 0 Å². The molecule has 12 heavy (non-hydrogen) atoms. The van der Waals surface area contributed by atoms with Crippen LogP contribution in [-0.4, -0.2) is 16.8 Å². The zero-order chi connectivity index (χ0) is 9.14. The summed E-state index contributed by atoms with van der Waals surface area (Å²) in [6, 6.07) is 1.62. The van der Waals surface area contributed by atoms with Crippen LogP contribution in [0, 0.1) is 0 Å². The first kappa shape index (κ1) is 8.52. The smallest absolute Gasteiger partial charge is 0.221 e. The predicted molar refractivity (Wildman–Crippen MR) is 45.1 cm³/mol. The van der Waals surface area contributed by atoms with Crippen molar-refractivity contribution >= 4 is 17.9 Å². The molecule has 64 valence electrons. The van der Waals surface area contributed by atoms with Crippen molar-refractivity contribution in [2.75, 3.05) is 5.32 Å². The van der Waals surface area contributed by atoms with E-state index in [9.17, 15) is 9.59 Å². The Hall–Kier alpha value is -1.58. The number of aryl methyl sites for hydroxylation is 1. The summed E-state index contributed by atoms with van der Waals surface area (Å²) in [5.41, 5.74) is 1.19. The fraction of sp³-hybridized carbons (Fsp3) is 0.250. The Morgan fingerprint density at radius 3 is 2.75 bits per heavy atom. The van der Waals surface area contributed by atoms with Crippen LogP contribution in [0.1, 0.15) is 17.4 Å². The molecule has 0 aromatic carbocycles. The van der Waals surface area contributed by atoms with Crippen LogP contribution in [-0.2, 0) is 11.8 Å². The largest absolute Gasteiger partial charge is 0.346 e. The number of nitrogens with zero attached hydrogens (tertiary/aromatic N) is 1. The minimum Gasteiger partial charge on any atom is -0.346 e. The highest BCUT2D eigenvalue weighted by Crippen LogP contribution is 2.10. The molecule has 4 heteroatoms. The van der Waals surface area contributed by atoms with Gasteiger partial charge in [-0.15, -0.1) is 0 Å². The summed E-state index contributed by atoms with van der Waals surface area (Å²) in [7, 11) is 1.75. The lowest BCUT2D eigenvalue weighted by Gasteiger charge is -1.94. The molecule has 0 saturated carbocycles. The molecule has 1 heterocycles. The number of hydrogen-bond acceptors (Lipinski definition) is 2. The Bertz CT molecular complexity index is 315. The van der Waals surface area contributed by atoms with Crippen LogP contribution < -0.4 is 5.32 Å². The monoisotopic (exact) mass is 166 g/mol. The number of carbonyl (C=O) groups excluding carboxylic acids is 2. The standard InChI is InChI=1S/C8H10N2O2/c1-6(12)9-7-3-8(5-11)10(2)4-7/h3-5H,1-2H3,(H,9,12). The van der Waals surface area contributed by atoms with Gasteiger partial charge in [-0.25, -0.2) is 0 Å². The molecule has 1 aromatic heterocycles. The van der Waals surface area contributed by atoms with Crippen molar-refractivity contribution in [2.45, 2.75) is 6.92 Å². The van der Waals surface area contributed by atoms with E-state index in [1.807, 2.05) is 0 Å². The third-order valence-corrected chi connectivity index (χ3v) is 1.48. The number of aldehydes is 1. The molecule has 0 aliphatic heterocycles. The summed E-state index contributed by atoms with van der Waals surface area (Å²) in [5, 5.41) is 2.58. The molecule has 1 N–H and O–H groups in total. The second kappa shape index (κ2) is 3.21. The molecule has 0 bridgehead atoms. The zero-order valence-electron chi connectivity index (χ0n) is 7.00. The Labute approximate surface area is 70.2 Å². The van der Waals surface area contributed by atoms with Gasteiger partial charge in [0.15, 0.2) is 6.29 Å². The van der Waals surface area contributed by atoms with Gasteiger partial charge in [0.1, 0.15) is 0 Å². The lowest BCUT2D eigenvalue weighted by molar-refractivity contribution is -0.114. The maximum Gasteiger partial charge on any atom is 0.221 e. The summed E-state index contributed by atoms with van der Waals surface area (Å²) in [6.07, 6.45) is 2.43. The Morgan fingerprint density at radius 2 is 2.33 bits per heavy atom. The third kappa shape index (κ3) is 1.72. The van der Waals surface area contributed by atoms with Crippen LogP contribution in [0.2, 0.25) is 0 Å². The molecule has 0 atom stereocenters. The molecule has 0 radical (unpaired) electrons. The Morgan fingerprint density at radius 1 is 1.67 bits per heavy atom. The highest BCUT2D eigenvalue weighted by atomic mass is 16.1. The molecule has 0 fully saturated rings. The number of hydrogen-bond donors (Lipinski definition) is 1. The van der Waals surface area contributed by atoms with Crippen molar-refractivity contribution in [2.24, 2.45) is 7.05 Å². The summed E-state index contributed by atoms with van der Waals surface area (Å²) in [6.45, 7) is 1.42. The average Bonchev–Trinajstić information content (AvgIpc) is 2.29. The highest BCUT2D eigenvalue weighted by molar-refractivity contribution is 5.89. The van der Waals surface area contributed by atoms with Crippen LogP contribution >= 0.6 is 0 Å². The maximum absolute atomic E-state index is 10.6. The van der Waals surface area contributed by atoms with E-state index in [0.717, 1.165) is 6.29 Å². The molecule has 0 unspecified atom stereocenters. The molecule has 0 aliphatic carbocycles. The number of amides is 1. The molecule has 1 rings (SSSR count).